The fourth-order valence-corrected chi connectivity index (χ4v) is 3.18. The van der Waals surface area contributed by atoms with Gasteiger partial charge in [0.05, 0.1) is 6.54 Å². The first-order chi connectivity index (χ1) is 13.4. The molecule has 1 aromatic rings. The van der Waals surface area contributed by atoms with Crippen LogP contribution in [0.2, 0.25) is 0 Å². The molecule has 1 aromatic carbocycles. The van der Waals surface area contributed by atoms with E-state index in [1.54, 1.807) is 13.1 Å². The topological polar surface area (TPSA) is 68.8 Å². The van der Waals surface area contributed by atoms with Gasteiger partial charge in [-0.25, -0.2) is 8.78 Å². The van der Waals surface area contributed by atoms with Gasteiger partial charge >= 0.3 is 0 Å². The molecule has 1 aliphatic heterocycles. The number of piperidine rings is 1. The number of benzene rings is 1. The molecule has 0 bridgehead atoms. The Morgan fingerprint density at radius 1 is 1.28 bits per heavy atom. The van der Waals surface area contributed by atoms with Gasteiger partial charge in [0, 0.05) is 45.2 Å². The van der Waals surface area contributed by atoms with Crippen molar-refractivity contribution in [1.82, 2.24) is 20.9 Å². The standard InChI is InChI=1S/C20H31F2N5O.HI/c1-4-24-20(25-12-14(2)15-5-6-17(21)18(22)11-15)26-16-7-9-27(10-8-16)13-19(28)23-3;/h5-6,11,14,16H,4,7-10,12-13H2,1-3H3,(H,23,28)(H2,24,25,26);1H. The third kappa shape index (κ3) is 8.41. The van der Waals surface area contributed by atoms with Crippen LogP contribution in [0.15, 0.2) is 23.2 Å². The first-order valence-corrected chi connectivity index (χ1v) is 9.85. The molecule has 1 unspecified atom stereocenters. The monoisotopic (exact) mass is 523 g/mol. The summed E-state index contributed by atoms with van der Waals surface area (Å²) in [5.74, 6) is -0.937. The number of guanidine groups is 1. The fourth-order valence-electron chi connectivity index (χ4n) is 3.18. The largest absolute Gasteiger partial charge is 0.358 e. The summed E-state index contributed by atoms with van der Waals surface area (Å²) in [4.78, 5) is 18.3. The van der Waals surface area contributed by atoms with Gasteiger partial charge in [-0.1, -0.05) is 13.0 Å². The van der Waals surface area contributed by atoms with E-state index in [1.165, 1.54) is 6.07 Å². The number of likely N-dealkylation sites (N-methyl/N-ethyl adjacent to an activating group) is 1. The predicted octanol–water partition coefficient (Wildman–Crippen LogP) is 2.45. The molecule has 0 spiro atoms. The Balaban J connectivity index is 0.00000420. The molecule has 1 aliphatic rings. The summed E-state index contributed by atoms with van der Waals surface area (Å²) in [5, 5.41) is 9.34. The fraction of sp³-hybridized carbons (Fsp3) is 0.600. The van der Waals surface area contributed by atoms with E-state index in [4.69, 9.17) is 0 Å². The molecule has 0 saturated carbocycles. The Hall–Kier alpha value is -1.49. The van der Waals surface area contributed by atoms with Gasteiger partial charge in [-0.2, -0.15) is 0 Å². The van der Waals surface area contributed by atoms with Gasteiger partial charge in [-0.05, 0) is 37.5 Å². The molecule has 164 valence electrons. The lowest BCUT2D eigenvalue weighted by Gasteiger charge is -2.32. The van der Waals surface area contributed by atoms with Crippen LogP contribution in [-0.2, 0) is 4.79 Å². The van der Waals surface area contributed by atoms with Crippen LogP contribution < -0.4 is 16.0 Å². The van der Waals surface area contributed by atoms with Crippen molar-refractivity contribution < 1.29 is 13.6 Å². The highest BCUT2D eigenvalue weighted by Gasteiger charge is 2.21. The van der Waals surface area contributed by atoms with Crippen molar-refractivity contribution in [1.29, 1.82) is 0 Å². The molecule has 1 saturated heterocycles. The van der Waals surface area contributed by atoms with E-state index < -0.39 is 11.6 Å². The van der Waals surface area contributed by atoms with Crippen LogP contribution in [0.3, 0.4) is 0 Å². The van der Waals surface area contributed by atoms with Crippen LogP contribution in [-0.4, -0.2) is 62.6 Å². The van der Waals surface area contributed by atoms with Gasteiger partial charge in [0.25, 0.3) is 0 Å². The predicted molar refractivity (Wildman–Crippen MR) is 123 cm³/mol. The van der Waals surface area contributed by atoms with Gasteiger partial charge in [-0.15, -0.1) is 24.0 Å². The maximum atomic E-state index is 13.4. The van der Waals surface area contributed by atoms with Crippen molar-refractivity contribution in [3.8, 4) is 0 Å². The van der Waals surface area contributed by atoms with Crippen molar-refractivity contribution >= 4 is 35.8 Å². The quantitative estimate of drug-likeness (QED) is 0.292. The molecule has 6 nitrogen and oxygen atoms in total. The summed E-state index contributed by atoms with van der Waals surface area (Å²) in [7, 11) is 1.65. The minimum Gasteiger partial charge on any atom is -0.358 e. The van der Waals surface area contributed by atoms with E-state index in [0.717, 1.165) is 50.1 Å². The SMILES string of the molecule is CCNC(=NCC(C)c1ccc(F)c(F)c1)NC1CCN(CC(=O)NC)CC1.I. The van der Waals surface area contributed by atoms with E-state index in [2.05, 4.69) is 25.8 Å². The molecule has 0 aliphatic carbocycles. The van der Waals surface area contributed by atoms with E-state index >= 15 is 0 Å². The molecule has 3 N–H and O–H groups in total. The highest BCUT2D eigenvalue weighted by Crippen LogP contribution is 2.18. The molecule has 1 atom stereocenters. The van der Waals surface area contributed by atoms with Crippen LogP contribution >= 0.6 is 24.0 Å². The van der Waals surface area contributed by atoms with Crippen molar-refractivity contribution in [2.75, 3.05) is 39.8 Å². The number of hydrogen-bond acceptors (Lipinski definition) is 3. The first kappa shape index (κ1) is 25.5. The van der Waals surface area contributed by atoms with Crippen LogP contribution in [0.4, 0.5) is 8.78 Å². The Morgan fingerprint density at radius 3 is 2.55 bits per heavy atom. The summed E-state index contributed by atoms with van der Waals surface area (Å²) in [5.41, 5.74) is 0.723. The zero-order valence-electron chi connectivity index (χ0n) is 17.3. The third-order valence-electron chi connectivity index (χ3n) is 4.95. The molecule has 1 fully saturated rings. The molecular formula is C20H32F2IN5O. The lowest BCUT2D eigenvalue weighted by atomic mass is 10.0. The van der Waals surface area contributed by atoms with Crippen LogP contribution in [0.5, 0.6) is 0 Å². The van der Waals surface area contributed by atoms with Gasteiger partial charge < -0.3 is 16.0 Å². The summed E-state index contributed by atoms with van der Waals surface area (Å²) in [6.07, 6.45) is 1.86. The Labute approximate surface area is 188 Å². The van der Waals surface area contributed by atoms with Gasteiger partial charge in [0.2, 0.25) is 5.91 Å². The molecule has 1 amide bonds. The van der Waals surface area contributed by atoms with Gasteiger partial charge in [0.15, 0.2) is 17.6 Å². The van der Waals surface area contributed by atoms with Crippen LogP contribution in [0.1, 0.15) is 38.2 Å². The maximum Gasteiger partial charge on any atom is 0.233 e. The average molecular weight is 523 g/mol. The van der Waals surface area contributed by atoms with E-state index in [0.29, 0.717) is 13.1 Å². The third-order valence-corrected chi connectivity index (χ3v) is 4.95. The second-order valence-electron chi connectivity index (χ2n) is 7.16. The highest BCUT2D eigenvalue weighted by atomic mass is 127. The summed E-state index contributed by atoms with van der Waals surface area (Å²) in [6.45, 7) is 7.30. The van der Waals surface area contributed by atoms with E-state index in [-0.39, 0.29) is 41.8 Å². The number of nitrogens with one attached hydrogen (secondary N) is 3. The second kappa shape index (κ2) is 12.9. The molecule has 0 aromatic heterocycles. The maximum absolute atomic E-state index is 13.4. The smallest absolute Gasteiger partial charge is 0.233 e. The zero-order valence-corrected chi connectivity index (χ0v) is 19.6. The van der Waals surface area contributed by atoms with Gasteiger partial charge in [0.1, 0.15) is 0 Å². The Bertz CT molecular complexity index is 681. The highest BCUT2D eigenvalue weighted by molar-refractivity contribution is 14.0. The number of halogens is 3. The van der Waals surface area contributed by atoms with E-state index in [9.17, 15) is 13.6 Å². The normalized spacial score (nSPS) is 16.7. The van der Waals surface area contributed by atoms with Crippen LogP contribution in [0.25, 0.3) is 0 Å². The first-order valence-electron chi connectivity index (χ1n) is 9.85. The summed E-state index contributed by atoms with van der Waals surface area (Å²) < 4.78 is 26.5. The van der Waals surface area contributed by atoms with Gasteiger partial charge in [-0.3, -0.25) is 14.7 Å². The van der Waals surface area contributed by atoms with Crippen LogP contribution in [0, 0.1) is 11.6 Å². The lowest BCUT2D eigenvalue weighted by molar-refractivity contribution is -0.122. The van der Waals surface area contributed by atoms with E-state index in [1.807, 2.05) is 13.8 Å². The molecule has 29 heavy (non-hydrogen) atoms. The number of likely N-dealkylation sites (tertiary alicyclic amines) is 1. The number of amides is 1. The number of nitrogens with zero attached hydrogens (tertiary/aromatic N) is 2. The molecule has 9 heteroatoms. The number of aliphatic imine (C=N–C) groups is 1. The molecular weight excluding hydrogens is 491 g/mol. The van der Waals surface area contributed by atoms with Crippen molar-refractivity contribution in [2.45, 2.75) is 38.6 Å². The number of rotatable bonds is 7. The number of carbonyl (C=O) groups is 1. The van der Waals surface area contributed by atoms with Crippen molar-refractivity contribution in [3.05, 3.63) is 35.4 Å². The molecule has 1 heterocycles. The molecule has 0 radical (unpaired) electrons. The number of hydrogen-bond donors (Lipinski definition) is 3. The van der Waals surface area contributed by atoms with Crippen molar-refractivity contribution in [2.24, 2.45) is 4.99 Å². The lowest BCUT2D eigenvalue weighted by Crippen LogP contribution is -2.50. The van der Waals surface area contributed by atoms with Crippen molar-refractivity contribution in [3.63, 3.8) is 0 Å². The second-order valence-corrected chi connectivity index (χ2v) is 7.16. The summed E-state index contributed by atoms with van der Waals surface area (Å²) >= 11 is 0. The minimum absolute atomic E-state index is 0. The number of carbonyl (C=O) groups excluding carboxylic acids is 1. The Kier molecular flexibility index (Phi) is 11.4. The minimum atomic E-state index is -0.836. The molecule has 2 rings (SSSR count). The zero-order chi connectivity index (χ0) is 20.5. The summed E-state index contributed by atoms with van der Waals surface area (Å²) in [6, 6.07) is 4.28. The Morgan fingerprint density at radius 2 is 1.97 bits per heavy atom. The average Bonchev–Trinajstić information content (AvgIpc) is 2.69.